The van der Waals surface area contributed by atoms with Crippen molar-refractivity contribution in [2.75, 3.05) is 43.1 Å². The molecule has 172 valence electrons. The summed E-state index contributed by atoms with van der Waals surface area (Å²) in [7, 11) is 0. The third-order valence-electron chi connectivity index (χ3n) is 6.52. The van der Waals surface area contributed by atoms with E-state index in [1.807, 2.05) is 12.1 Å². The van der Waals surface area contributed by atoms with Crippen molar-refractivity contribution in [1.29, 1.82) is 0 Å². The molecule has 0 aliphatic carbocycles. The van der Waals surface area contributed by atoms with Gasteiger partial charge in [-0.25, -0.2) is 4.98 Å². The van der Waals surface area contributed by atoms with Crippen LogP contribution in [0.4, 0.5) is 11.8 Å². The Morgan fingerprint density at radius 3 is 2.53 bits per heavy atom. The maximum atomic E-state index is 6.33. The van der Waals surface area contributed by atoms with Gasteiger partial charge in [0.15, 0.2) is 5.11 Å². The van der Waals surface area contributed by atoms with Crippen LogP contribution in [0.1, 0.15) is 38.7 Å². The molecule has 0 radical (unpaired) electrons. The molecule has 8 heteroatoms. The number of aromatic nitrogens is 2. The highest BCUT2D eigenvalue weighted by molar-refractivity contribution is 7.80. The van der Waals surface area contributed by atoms with Crippen molar-refractivity contribution in [2.24, 2.45) is 11.8 Å². The fraction of sp³-hybridized carbons (Fsp3) is 0.542. The third kappa shape index (κ3) is 5.69. The van der Waals surface area contributed by atoms with Gasteiger partial charge in [0.25, 0.3) is 0 Å². The minimum atomic E-state index is -0.00826. The van der Waals surface area contributed by atoms with Crippen molar-refractivity contribution in [1.82, 2.24) is 15.3 Å². The normalized spacial score (nSPS) is 22.9. The first-order valence-electron chi connectivity index (χ1n) is 11.4. The maximum absolute atomic E-state index is 6.33. The quantitative estimate of drug-likeness (QED) is 0.484. The van der Waals surface area contributed by atoms with Crippen LogP contribution < -0.4 is 15.5 Å². The molecule has 1 aromatic carbocycles. The van der Waals surface area contributed by atoms with E-state index in [0.29, 0.717) is 28.0 Å². The molecule has 2 atom stereocenters. The summed E-state index contributed by atoms with van der Waals surface area (Å²) in [5.74, 6) is 2.52. The van der Waals surface area contributed by atoms with Crippen LogP contribution >= 0.6 is 23.8 Å². The number of thiocarbonyl (C=S) groups is 1. The molecule has 2 aliphatic heterocycles. The first-order chi connectivity index (χ1) is 15.4. The smallest absolute Gasteiger partial charge is 0.232 e. The van der Waals surface area contributed by atoms with E-state index in [1.54, 1.807) is 0 Å². The van der Waals surface area contributed by atoms with Gasteiger partial charge in [0, 0.05) is 44.3 Å². The molecule has 0 spiro atoms. The number of hydrogen-bond acceptors (Lipinski definition) is 5. The van der Waals surface area contributed by atoms with Gasteiger partial charge in [-0.05, 0) is 48.9 Å². The number of ether oxygens (including phenoxy) is 1. The number of nitrogens with zero attached hydrogens (tertiary/aromatic N) is 3. The van der Waals surface area contributed by atoms with Gasteiger partial charge in [-0.15, -0.1) is 0 Å². The fourth-order valence-electron chi connectivity index (χ4n) is 4.99. The number of piperidine rings is 1. The number of halogens is 1. The average molecular weight is 474 g/mol. The molecule has 2 N–H and O–H groups in total. The average Bonchev–Trinajstić information content (AvgIpc) is 2.78. The summed E-state index contributed by atoms with van der Waals surface area (Å²) in [5.41, 5.74) is 1.30. The summed E-state index contributed by atoms with van der Waals surface area (Å²) in [5, 5.41) is 7.46. The number of rotatable bonds is 5. The van der Waals surface area contributed by atoms with E-state index in [0.717, 1.165) is 51.5 Å². The Balaban J connectivity index is 1.43. The summed E-state index contributed by atoms with van der Waals surface area (Å²) >= 11 is 11.9. The summed E-state index contributed by atoms with van der Waals surface area (Å²) in [6, 6.07) is 12.4. The molecule has 2 saturated heterocycles. The van der Waals surface area contributed by atoms with Gasteiger partial charge in [-0.2, -0.15) is 4.98 Å². The number of nitrogens with one attached hydrogen (secondary N) is 2. The first kappa shape index (κ1) is 23.2. The van der Waals surface area contributed by atoms with Gasteiger partial charge >= 0.3 is 0 Å². The molecule has 3 heterocycles. The Labute approximate surface area is 201 Å². The van der Waals surface area contributed by atoms with Crippen LogP contribution in [0.15, 0.2) is 36.4 Å². The van der Waals surface area contributed by atoms with E-state index in [4.69, 9.17) is 33.5 Å². The Bertz CT molecular complexity index is 912. The lowest BCUT2D eigenvalue weighted by atomic mass is 9.74. The number of hydrogen-bond donors (Lipinski definition) is 2. The Kier molecular flexibility index (Phi) is 7.48. The monoisotopic (exact) mass is 473 g/mol. The Morgan fingerprint density at radius 1 is 1.16 bits per heavy atom. The van der Waals surface area contributed by atoms with Crippen LogP contribution in [0, 0.1) is 11.8 Å². The van der Waals surface area contributed by atoms with Gasteiger partial charge in [0.1, 0.15) is 11.0 Å². The van der Waals surface area contributed by atoms with Crippen LogP contribution in [-0.4, -0.2) is 47.9 Å². The summed E-state index contributed by atoms with van der Waals surface area (Å²) in [6.07, 6.45) is 3.15. The van der Waals surface area contributed by atoms with E-state index >= 15 is 0 Å². The minimum Gasteiger partial charge on any atom is -0.381 e. The van der Waals surface area contributed by atoms with Gasteiger partial charge in [-0.1, -0.05) is 55.8 Å². The second-order valence-corrected chi connectivity index (χ2v) is 10.1. The highest BCUT2D eigenvalue weighted by Gasteiger charge is 2.34. The van der Waals surface area contributed by atoms with E-state index < -0.39 is 0 Å². The molecule has 0 bridgehead atoms. The SMILES string of the molecule is C[C@@H]1C[C@@H](C)CN(c2cc(Cl)nc(NC(=S)NCC3(c4ccccc4)CCOCC3)n2)C1. The van der Waals surface area contributed by atoms with Crippen molar-refractivity contribution >= 4 is 40.7 Å². The van der Waals surface area contributed by atoms with Crippen molar-refractivity contribution in [3.05, 3.63) is 47.1 Å². The van der Waals surface area contributed by atoms with Crippen molar-refractivity contribution in [2.45, 2.75) is 38.5 Å². The lowest BCUT2D eigenvalue weighted by Gasteiger charge is -2.38. The minimum absolute atomic E-state index is 0.00826. The summed E-state index contributed by atoms with van der Waals surface area (Å²) in [6.45, 7) is 8.74. The molecule has 1 aromatic heterocycles. The van der Waals surface area contributed by atoms with Crippen LogP contribution in [0.2, 0.25) is 5.15 Å². The second kappa shape index (κ2) is 10.3. The van der Waals surface area contributed by atoms with Crippen molar-refractivity contribution in [3.8, 4) is 0 Å². The molecule has 2 aromatic rings. The molecule has 2 aliphatic rings. The highest BCUT2D eigenvalue weighted by Crippen LogP contribution is 2.34. The van der Waals surface area contributed by atoms with Crippen molar-refractivity contribution in [3.63, 3.8) is 0 Å². The topological polar surface area (TPSA) is 62.3 Å². The number of benzene rings is 1. The van der Waals surface area contributed by atoms with Crippen molar-refractivity contribution < 1.29 is 4.74 Å². The molecule has 4 rings (SSSR count). The molecule has 0 saturated carbocycles. The fourth-order valence-corrected chi connectivity index (χ4v) is 5.33. The zero-order valence-corrected chi connectivity index (χ0v) is 20.4. The molecule has 0 unspecified atom stereocenters. The van der Waals surface area contributed by atoms with Crippen LogP contribution in [0.5, 0.6) is 0 Å². The van der Waals surface area contributed by atoms with E-state index in [2.05, 4.69) is 58.6 Å². The molecule has 32 heavy (non-hydrogen) atoms. The highest BCUT2D eigenvalue weighted by atomic mass is 35.5. The van der Waals surface area contributed by atoms with Gasteiger partial charge in [0.05, 0.1) is 0 Å². The molecule has 6 nitrogen and oxygen atoms in total. The van der Waals surface area contributed by atoms with E-state index in [9.17, 15) is 0 Å². The number of anilines is 2. The molecule has 0 amide bonds. The zero-order valence-electron chi connectivity index (χ0n) is 18.8. The Hall–Kier alpha value is -1.96. The molecular weight excluding hydrogens is 442 g/mol. The van der Waals surface area contributed by atoms with Crippen LogP contribution in [0.3, 0.4) is 0 Å². The predicted octanol–water partition coefficient (Wildman–Crippen LogP) is 4.65. The van der Waals surface area contributed by atoms with Crippen LogP contribution in [-0.2, 0) is 10.2 Å². The summed E-state index contributed by atoms with van der Waals surface area (Å²) in [4.78, 5) is 11.3. The zero-order chi connectivity index (χ0) is 22.6. The van der Waals surface area contributed by atoms with Crippen LogP contribution in [0.25, 0.3) is 0 Å². The maximum Gasteiger partial charge on any atom is 0.232 e. The Morgan fingerprint density at radius 2 is 1.84 bits per heavy atom. The lowest BCUT2D eigenvalue weighted by molar-refractivity contribution is 0.0515. The third-order valence-corrected chi connectivity index (χ3v) is 6.96. The second-order valence-electron chi connectivity index (χ2n) is 9.29. The van der Waals surface area contributed by atoms with E-state index in [1.165, 1.54) is 12.0 Å². The summed E-state index contributed by atoms with van der Waals surface area (Å²) < 4.78 is 5.63. The van der Waals surface area contributed by atoms with Gasteiger partial charge < -0.3 is 20.3 Å². The van der Waals surface area contributed by atoms with Gasteiger partial charge in [0.2, 0.25) is 5.95 Å². The van der Waals surface area contributed by atoms with E-state index in [-0.39, 0.29) is 5.41 Å². The standard InChI is InChI=1S/C24H32ClN5OS/c1-17-12-18(2)15-30(14-17)21-13-20(25)27-22(28-21)29-23(32)26-16-24(8-10-31-11-9-24)19-6-4-3-5-7-19/h3-7,13,17-18H,8-12,14-16H2,1-2H3,(H2,26,27,28,29,32)/t17-,18-/m1/s1. The van der Waals surface area contributed by atoms with Gasteiger partial charge in [-0.3, -0.25) is 0 Å². The molecular formula is C24H32ClN5OS. The predicted molar refractivity (Wildman–Crippen MR) is 135 cm³/mol. The molecule has 2 fully saturated rings. The first-order valence-corrected chi connectivity index (χ1v) is 12.2. The lowest BCUT2D eigenvalue weighted by Crippen LogP contribution is -2.45. The largest absolute Gasteiger partial charge is 0.381 e.